The van der Waals surface area contributed by atoms with Gasteiger partial charge >= 0.3 is 0 Å². The van der Waals surface area contributed by atoms with E-state index in [4.69, 9.17) is 27.3 Å². The van der Waals surface area contributed by atoms with Crippen molar-refractivity contribution in [3.05, 3.63) is 45.8 Å². The first-order valence-electron chi connectivity index (χ1n) is 9.80. The molecule has 2 fully saturated rings. The highest BCUT2D eigenvalue weighted by Crippen LogP contribution is 2.63. The zero-order valence-electron chi connectivity index (χ0n) is 16.2. The summed E-state index contributed by atoms with van der Waals surface area (Å²) in [6, 6.07) is 1.84. The van der Waals surface area contributed by atoms with Gasteiger partial charge in [-0.15, -0.1) is 11.3 Å². The lowest BCUT2D eigenvalue weighted by molar-refractivity contribution is 0.549. The topological polar surface area (TPSA) is 110 Å². The third-order valence-electron chi connectivity index (χ3n) is 6.51. The minimum atomic E-state index is 0.0323. The molecule has 0 spiro atoms. The van der Waals surface area contributed by atoms with Gasteiger partial charge in [-0.3, -0.25) is 10.1 Å². The number of H-pyrrole nitrogens is 1. The van der Waals surface area contributed by atoms with Crippen molar-refractivity contribution >= 4 is 39.9 Å². The molecule has 8 nitrogen and oxygen atoms in total. The number of pyridine rings is 1. The van der Waals surface area contributed by atoms with Crippen LogP contribution in [-0.4, -0.2) is 49.8 Å². The van der Waals surface area contributed by atoms with Crippen molar-refractivity contribution in [3.8, 4) is 11.3 Å². The lowest BCUT2D eigenvalue weighted by Crippen LogP contribution is -2.35. The zero-order chi connectivity index (χ0) is 20.5. The molecular weight excluding hydrogens is 420 g/mol. The normalized spacial score (nSPS) is 25.1. The maximum Gasteiger partial charge on any atom is 0.202 e. The van der Waals surface area contributed by atoms with Crippen LogP contribution in [0.25, 0.3) is 22.4 Å². The Kier molecular flexibility index (Phi) is 3.90. The summed E-state index contributed by atoms with van der Waals surface area (Å²) in [6.45, 7) is 4.50. The van der Waals surface area contributed by atoms with Gasteiger partial charge in [0.25, 0.3) is 0 Å². The SMILES string of the molecule is Cc1csc(C2(CN)[C@@H]3CN(c4cnc5c(-c6ccncc6Cl)[nH]nc5n4)C[C@@H]32)n1. The van der Waals surface area contributed by atoms with Crippen molar-refractivity contribution in [1.82, 2.24) is 30.1 Å². The molecule has 1 aliphatic carbocycles. The summed E-state index contributed by atoms with van der Waals surface area (Å²) in [6.07, 6.45) is 5.12. The van der Waals surface area contributed by atoms with Crippen LogP contribution in [0.4, 0.5) is 5.82 Å². The molecule has 1 saturated carbocycles. The summed E-state index contributed by atoms with van der Waals surface area (Å²) in [7, 11) is 0. The van der Waals surface area contributed by atoms with Crippen molar-refractivity contribution in [2.45, 2.75) is 12.3 Å². The second-order valence-corrected chi connectivity index (χ2v) is 9.28. The number of rotatable bonds is 4. The van der Waals surface area contributed by atoms with E-state index in [0.29, 0.717) is 34.6 Å². The van der Waals surface area contributed by atoms with E-state index >= 15 is 0 Å². The fraction of sp³-hybridized carbons (Fsp3) is 0.350. The smallest absolute Gasteiger partial charge is 0.202 e. The third-order valence-corrected chi connectivity index (χ3v) is 7.96. The summed E-state index contributed by atoms with van der Waals surface area (Å²) in [5.74, 6) is 1.86. The number of nitrogens with one attached hydrogen (secondary N) is 1. The Balaban J connectivity index is 1.27. The lowest BCUT2D eigenvalue weighted by Gasteiger charge is -2.25. The number of thiazole rings is 1. The van der Waals surface area contributed by atoms with E-state index in [0.717, 1.165) is 35.9 Å². The second kappa shape index (κ2) is 6.44. The van der Waals surface area contributed by atoms with Crippen LogP contribution < -0.4 is 10.6 Å². The highest BCUT2D eigenvalue weighted by atomic mass is 35.5. The average Bonchev–Trinajstić information content (AvgIpc) is 3.25. The molecule has 10 heteroatoms. The molecule has 0 bridgehead atoms. The number of aromatic nitrogens is 6. The Bertz CT molecular complexity index is 1250. The molecule has 1 saturated heterocycles. The van der Waals surface area contributed by atoms with Crippen molar-refractivity contribution in [2.24, 2.45) is 17.6 Å². The number of piperidine rings is 1. The first kappa shape index (κ1) is 18.2. The highest BCUT2D eigenvalue weighted by Gasteiger charge is 2.69. The van der Waals surface area contributed by atoms with Gasteiger partial charge in [0.05, 0.1) is 16.9 Å². The van der Waals surface area contributed by atoms with Crippen LogP contribution >= 0.6 is 22.9 Å². The van der Waals surface area contributed by atoms with Gasteiger partial charge in [-0.25, -0.2) is 15.0 Å². The monoisotopic (exact) mass is 438 g/mol. The summed E-state index contributed by atoms with van der Waals surface area (Å²) in [5, 5.41) is 11.2. The number of hydrogen-bond acceptors (Lipinski definition) is 8. The van der Waals surface area contributed by atoms with E-state index in [1.807, 2.05) is 19.2 Å². The van der Waals surface area contributed by atoms with Gasteiger partial charge in [0.2, 0.25) is 5.65 Å². The molecule has 0 aromatic carbocycles. The van der Waals surface area contributed by atoms with Crippen LogP contribution in [0, 0.1) is 18.8 Å². The Hall–Kier alpha value is -2.62. The minimum absolute atomic E-state index is 0.0323. The molecule has 1 aliphatic heterocycles. The number of aromatic amines is 1. The fourth-order valence-corrected chi connectivity index (χ4v) is 6.25. The molecule has 0 amide bonds. The Labute approximate surface area is 181 Å². The molecular formula is C20H19ClN8S. The van der Waals surface area contributed by atoms with Crippen LogP contribution in [0.2, 0.25) is 5.02 Å². The molecule has 4 aromatic heterocycles. The standard InChI is InChI=1S/C20H19ClN8S/c1-10-8-30-19(25-10)20(9-22)12-6-29(7-13(12)20)15-5-24-17-16(27-28-18(17)26-15)11-2-3-23-4-14(11)21/h2-5,8,12-13H,6-7,9,22H2,1H3,(H,26,27,28)/t12-,13+,20?. The maximum atomic E-state index is 6.28. The second-order valence-electron chi connectivity index (χ2n) is 8.01. The molecule has 152 valence electrons. The van der Waals surface area contributed by atoms with Crippen LogP contribution in [0.15, 0.2) is 30.0 Å². The van der Waals surface area contributed by atoms with Crippen LogP contribution in [0.5, 0.6) is 0 Å². The molecule has 2 aliphatic rings. The predicted molar refractivity (Wildman–Crippen MR) is 117 cm³/mol. The average molecular weight is 439 g/mol. The van der Waals surface area contributed by atoms with E-state index < -0.39 is 0 Å². The Morgan fingerprint density at radius 1 is 1.30 bits per heavy atom. The van der Waals surface area contributed by atoms with Gasteiger partial charge < -0.3 is 10.6 Å². The third kappa shape index (κ3) is 2.46. The van der Waals surface area contributed by atoms with E-state index in [2.05, 4.69) is 30.4 Å². The number of fused-ring (bicyclic) bond motifs is 2. The molecule has 5 heterocycles. The van der Waals surface area contributed by atoms with Gasteiger partial charge in [0, 0.05) is 54.1 Å². The molecule has 30 heavy (non-hydrogen) atoms. The first-order chi connectivity index (χ1) is 14.6. The van der Waals surface area contributed by atoms with Crippen LogP contribution in [-0.2, 0) is 5.41 Å². The minimum Gasteiger partial charge on any atom is -0.355 e. The fourth-order valence-electron chi connectivity index (χ4n) is 4.90. The molecule has 6 rings (SSSR count). The Morgan fingerprint density at radius 2 is 2.13 bits per heavy atom. The molecule has 3 N–H and O–H groups in total. The molecule has 4 aromatic rings. The predicted octanol–water partition coefficient (Wildman–Crippen LogP) is 2.80. The summed E-state index contributed by atoms with van der Waals surface area (Å²) < 4.78 is 0. The first-order valence-corrected chi connectivity index (χ1v) is 11.1. The van der Waals surface area contributed by atoms with E-state index in [1.165, 1.54) is 5.01 Å². The lowest BCUT2D eigenvalue weighted by atomic mass is 10.0. The quantitative estimate of drug-likeness (QED) is 0.504. The largest absolute Gasteiger partial charge is 0.355 e. The van der Waals surface area contributed by atoms with Gasteiger partial charge in [0.15, 0.2) is 0 Å². The van der Waals surface area contributed by atoms with Crippen molar-refractivity contribution in [2.75, 3.05) is 24.5 Å². The van der Waals surface area contributed by atoms with Crippen LogP contribution in [0.3, 0.4) is 0 Å². The van der Waals surface area contributed by atoms with E-state index in [-0.39, 0.29) is 5.41 Å². The van der Waals surface area contributed by atoms with Gasteiger partial charge in [0.1, 0.15) is 16.3 Å². The summed E-state index contributed by atoms with van der Waals surface area (Å²) >= 11 is 8.02. The number of hydrogen-bond donors (Lipinski definition) is 2. The van der Waals surface area contributed by atoms with Gasteiger partial charge in [-0.2, -0.15) is 5.10 Å². The number of anilines is 1. The van der Waals surface area contributed by atoms with Crippen molar-refractivity contribution in [3.63, 3.8) is 0 Å². The molecule has 3 atom stereocenters. The van der Waals surface area contributed by atoms with Crippen LogP contribution in [0.1, 0.15) is 10.7 Å². The van der Waals surface area contributed by atoms with Gasteiger partial charge in [-0.05, 0) is 24.8 Å². The van der Waals surface area contributed by atoms with Crippen molar-refractivity contribution in [1.29, 1.82) is 0 Å². The number of aryl methyl sites for hydroxylation is 1. The summed E-state index contributed by atoms with van der Waals surface area (Å²) in [5.41, 5.74) is 10.2. The number of nitrogens with zero attached hydrogens (tertiary/aromatic N) is 6. The van der Waals surface area contributed by atoms with E-state index in [1.54, 1.807) is 23.7 Å². The Morgan fingerprint density at radius 3 is 2.83 bits per heavy atom. The highest BCUT2D eigenvalue weighted by molar-refractivity contribution is 7.09. The summed E-state index contributed by atoms with van der Waals surface area (Å²) in [4.78, 5) is 20.5. The molecule has 0 radical (unpaired) electrons. The van der Waals surface area contributed by atoms with Gasteiger partial charge in [-0.1, -0.05) is 11.6 Å². The zero-order valence-corrected chi connectivity index (χ0v) is 17.8. The van der Waals surface area contributed by atoms with E-state index in [9.17, 15) is 0 Å². The van der Waals surface area contributed by atoms with Crippen molar-refractivity contribution < 1.29 is 0 Å². The maximum absolute atomic E-state index is 6.28. The molecule has 1 unspecified atom stereocenters. The number of nitrogens with two attached hydrogens (primary N) is 1. The number of halogens is 1.